The number of hydrogen-bond acceptors (Lipinski definition) is 4. The van der Waals surface area contributed by atoms with Gasteiger partial charge in [0.2, 0.25) is 5.91 Å². The van der Waals surface area contributed by atoms with Crippen molar-refractivity contribution in [2.24, 2.45) is 0 Å². The van der Waals surface area contributed by atoms with Gasteiger partial charge >= 0.3 is 0 Å². The first-order valence-corrected chi connectivity index (χ1v) is 11.2. The molecular weight excluding hydrogens is 409 g/mol. The van der Waals surface area contributed by atoms with Gasteiger partial charge in [-0.3, -0.25) is 4.79 Å². The average molecular weight is 435 g/mol. The molecule has 1 atom stereocenters. The van der Waals surface area contributed by atoms with E-state index in [4.69, 9.17) is 9.47 Å². The predicted molar refractivity (Wildman–Crippen MR) is 118 cm³/mol. The van der Waals surface area contributed by atoms with Crippen LogP contribution in [0.15, 0.2) is 48.7 Å². The second kappa shape index (κ2) is 9.02. The van der Waals surface area contributed by atoms with Gasteiger partial charge in [0.05, 0.1) is 17.9 Å². The number of halogens is 1. The average Bonchev–Trinajstić information content (AvgIpc) is 3.33. The summed E-state index contributed by atoms with van der Waals surface area (Å²) in [5.41, 5.74) is 2.56. The minimum atomic E-state index is -0.285. The molecule has 5 rings (SSSR count). The molecule has 1 unspecified atom stereocenters. The Hall–Kier alpha value is -3.35. The van der Waals surface area contributed by atoms with Gasteiger partial charge in [-0.05, 0) is 55.5 Å². The number of aromatic amines is 1. The fourth-order valence-electron chi connectivity index (χ4n) is 4.46. The van der Waals surface area contributed by atoms with Crippen molar-refractivity contribution < 1.29 is 18.7 Å². The maximum atomic E-state index is 13.6. The van der Waals surface area contributed by atoms with Gasteiger partial charge in [-0.15, -0.1) is 0 Å². The largest absolute Gasteiger partial charge is 0.486 e. The van der Waals surface area contributed by atoms with Crippen molar-refractivity contribution in [2.75, 3.05) is 19.8 Å². The molecule has 2 aliphatic rings. The molecule has 7 heteroatoms. The van der Waals surface area contributed by atoms with Crippen LogP contribution in [-0.4, -0.2) is 40.5 Å². The third-order valence-electron chi connectivity index (χ3n) is 6.10. The standard InChI is InChI=1S/C25H26FN3O3/c26-19-5-3-4-18(15-19)20-16-27-25(28-20)21-6-1-2-11-29(21)24(30)10-8-17-7-9-22-23(14-17)32-13-12-31-22/h3-5,7,9,14-16,21H,1-2,6,8,10-13H2,(H,27,28). The molecule has 0 radical (unpaired) electrons. The minimum absolute atomic E-state index is 0.0844. The zero-order valence-corrected chi connectivity index (χ0v) is 17.9. The van der Waals surface area contributed by atoms with E-state index in [0.717, 1.165) is 60.0 Å². The number of carbonyl (C=O) groups is 1. The Kier molecular flexibility index (Phi) is 5.79. The van der Waals surface area contributed by atoms with Gasteiger partial charge in [-0.2, -0.15) is 0 Å². The Morgan fingerprint density at radius 1 is 1.12 bits per heavy atom. The molecule has 1 aromatic heterocycles. The lowest BCUT2D eigenvalue weighted by molar-refractivity contribution is -0.135. The molecule has 1 amide bonds. The van der Waals surface area contributed by atoms with Crippen LogP contribution in [0.1, 0.15) is 43.1 Å². The third kappa shape index (κ3) is 4.33. The third-order valence-corrected chi connectivity index (χ3v) is 6.10. The Morgan fingerprint density at radius 3 is 2.88 bits per heavy atom. The SMILES string of the molecule is O=C(CCc1ccc2c(c1)OCCO2)N1CCCCC1c1ncc(-c2cccc(F)c2)[nH]1. The van der Waals surface area contributed by atoms with Crippen LogP contribution in [-0.2, 0) is 11.2 Å². The number of nitrogens with one attached hydrogen (secondary N) is 1. The monoisotopic (exact) mass is 435 g/mol. The summed E-state index contributed by atoms with van der Waals surface area (Å²) in [6.07, 6.45) is 5.69. The molecule has 1 saturated heterocycles. The normalized spacial score (nSPS) is 17.9. The molecule has 32 heavy (non-hydrogen) atoms. The van der Waals surface area contributed by atoms with Crippen molar-refractivity contribution in [3.63, 3.8) is 0 Å². The highest BCUT2D eigenvalue weighted by atomic mass is 19.1. The summed E-state index contributed by atoms with van der Waals surface area (Å²) in [7, 11) is 0. The highest BCUT2D eigenvalue weighted by molar-refractivity contribution is 5.77. The maximum absolute atomic E-state index is 13.6. The number of carbonyl (C=O) groups excluding carboxylic acids is 1. The lowest BCUT2D eigenvalue weighted by atomic mass is 10.00. The first-order valence-electron chi connectivity index (χ1n) is 11.2. The number of imidazole rings is 1. The molecule has 3 heterocycles. The number of amides is 1. The van der Waals surface area contributed by atoms with Crippen LogP contribution in [0.4, 0.5) is 4.39 Å². The summed E-state index contributed by atoms with van der Waals surface area (Å²) < 4.78 is 24.8. The van der Waals surface area contributed by atoms with Crippen LogP contribution in [0.5, 0.6) is 11.5 Å². The van der Waals surface area contributed by atoms with Crippen molar-refractivity contribution >= 4 is 5.91 Å². The van der Waals surface area contributed by atoms with Gasteiger partial charge < -0.3 is 19.4 Å². The van der Waals surface area contributed by atoms with E-state index in [1.54, 1.807) is 12.3 Å². The maximum Gasteiger partial charge on any atom is 0.223 e. The summed E-state index contributed by atoms with van der Waals surface area (Å²) in [5.74, 6) is 2.10. The van der Waals surface area contributed by atoms with E-state index in [1.807, 2.05) is 29.2 Å². The van der Waals surface area contributed by atoms with Crippen molar-refractivity contribution in [1.82, 2.24) is 14.9 Å². The number of nitrogens with zero attached hydrogens (tertiary/aromatic N) is 2. The molecular formula is C25H26FN3O3. The molecule has 166 valence electrons. The Labute approximate surface area is 186 Å². The molecule has 0 aliphatic carbocycles. The fourth-order valence-corrected chi connectivity index (χ4v) is 4.46. The second-order valence-corrected chi connectivity index (χ2v) is 8.27. The van der Waals surface area contributed by atoms with Crippen LogP contribution in [0, 0.1) is 5.82 Å². The first-order chi connectivity index (χ1) is 15.7. The number of aromatic nitrogens is 2. The van der Waals surface area contributed by atoms with Gasteiger partial charge in [0.15, 0.2) is 11.5 Å². The van der Waals surface area contributed by atoms with E-state index in [1.165, 1.54) is 12.1 Å². The van der Waals surface area contributed by atoms with Gasteiger partial charge in [0.25, 0.3) is 0 Å². The molecule has 0 saturated carbocycles. The van der Waals surface area contributed by atoms with Crippen molar-refractivity contribution in [1.29, 1.82) is 0 Å². The Balaban J connectivity index is 1.28. The number of hydrogen-bond donors (Lipinski definition) is 1. The summed E-state index contributed by atoms with van der Waals surface area (Å²) in [6.45, 7) is 1.83. The molecule has 0 bridgehead atoms. The van der Waals surface area contributed by atoms with Crippen LogP contribution < -0.4 is 9.47 Å². The lowest BCUT2D eigenvalue weighted by Crippen LogP contribution is -2.39. The summed E-state index contributed by atoms with van der Waals surface area (Å²) in [4.78, 5) is 22.9. The molecule has 6 nitrogen and oxygen atoms in total. The smallest absolute Gasteiger partial charge is 0.223 e. The number of rotatable bonds is 5. The number of fused-ring (bicyclic) bond motifs is 1. The number of H-pyrrole nitrogens is 1. The van der Waals surface area contributed by atoms with Gasteiger partial charge in [0, 0.05) is 18.5 Å². The molecule has 3 aromatic rings. The van der Waals surface area contributed by atoms with E-state index in [-0.39, 0.29) is 17.8 Å². The molecule has 2 aromatic carbocycles. The van der Waals surface area contributed by atoms with Gasteiger partial charge in [-0.25, -0.2) is 9.37 Å². The van der Waals surface area contributed by atoms with Crippen molar-refractivity contribution in [3.05, 3.63) is 65.9 Å². The summed E-state index contributed by atoms with van der Waals surface area (Å²) in [5, 5.41) is 0. The second-order valence-electron chi connectivity index (χ2n) is 8.27. The highest BCUT2D eigenvalue weighted by Crippen LogP contribution is 2.33. The van der Waals surface area contributed by atoms with E-state index in [0.29, 0.717) is 26.1 Å². The molecule has 1 N–H and O–H groups in total. The molecule has 2 aliphatic heterocycles. The molecule has 0 spiro atoms. The lowest BCUT2D eigenvalue weighted by Gasteiger charge is -2.34. The van der Waals surface area contributed by atoms with Gasteiger partial charge in [-0.1, -0.05) is 18.2 Å². The van der Waals surface area contributed by atoms with E-state index < -0.39 is 0 Å². The van der Waals surface area contributed by atoms with Crippen LogP contribution in [0.2, 0.25) is 0 Å². The molecule has 1 fully saturated rings. The quantitative estimate of drug-likeness (QED) is 0.632. The number of aryl methyl sites for hydroxylation is 1. The van der Waals surface area contributed by atoms with Gasteiger partial charge in [0.1, 0.15) is 24.9 Å². The highest BCUT2D eigenvalue weighted by Gasteiger charge is 2.30. The van der Waals surface area contributed by atoms with Crippen molar-refractivity contribution in [2.45, 2.75) is 38.1 Å². The van der Waals surface area contributed by atoms with Crippen LogP contribution in [0.3, 0.4) is 0 Å². The Morgan fingerprint density at radius 2 is 2.00 bits per heavy atom. The first kappa shape index (κ1) is 20.5. The predicted octanol–water partition coefficient (Wildman–Crippen LogP) is 4.67. The number of benzene rings is 2. The summed E-state index contributed by atoms with van der Waals surface area (Å²) in [6, 6.07) is 12.2. The number of likely N-dealkylation sites (tertiary alicyclic amines) is 1. The van der Waals surface area contributed by atoms with E-state index in [9.17, 15) is 9.18 Å². The van der Waals surface area contributed by atoms with Crippen molar-refractivity contribution in [3.8, 4) is 22.8 Å². The van der Waals surface area contributed by atoms with Crippen LogP contribution in [0.25, 0.3) is 11.3 Å². The number of piperidine rings is 1. The fraction of sp³-hybridized carbons (Fsp3) is 0.360. The Bertz CT molecular complexity index is 1110. The zero-order valence-electron chi connectivity index (χ0n) is 17.9. The van der Waals surface area contributed by atoms with Crippen LogP contribution >= 0.6 is 0 Å². The minimum Gasteiger partial charge on any atom is -0.486 e. The van der Waals surface area contributed by atoms with E-state index in [2.05, 4.69) is 9.97 Å². The number of ether oxygens (including phenoxy) is 2. The van der Waals surface area contributed by atoms with E-state index >= 15 is 0 Å². The topological polar surface area (TPSA) is 67.5 Å². The summed E-state index contributed by atoms with van der Waals surface area (Å²) >= 11 is 0. The zero-order chi connectivity index (χ0) is 21.9.